The molecule has 0 radical (unpaired) electrons. The van der Waals surface area contributed by atoms with E-state index in [1.165, 1.54) is 16.8 Å². The second-order valence-corrected chi connectivity index (χ2v) is 8.01. The number of piperazine rings is 1. The predicted octanol–water partition coefficient (Wildman–Crippen LogP) is 3.71. The summed E-state index contributed by atoms with van der Waals surface area (Å²) in [5.74, 6) is 0.156. The van der Waals surface area contributed by atoms with Gasteiger partial charge in [0, 0.05) is 55.2 Å². The third kappa shape index (κ3) is 3.92. The first-order valence-corrected chi connectivity index (χ1v) is 10.4. The lowest BCUT2D eigenvalue weighted by molar-refractivity contribution is -0.130. The topological polar surface area (TPSA) is 49.3 Å². The van der Waals surface area contributed by atoms with E-state index in [-0.39, 0.29) is 5.91 Å². The van der Waals surface area contributed by atoms with E-state index in [4.69, 9.17) is 0 Å². The van der Waals surface area contributed by atoms with Gasteiger partial charge in [0.2, 0.25) is 5.91 Å². The predicted molar refractivity (Wildman–Crippen MR) is 114 cm³/mol. The first-order chi connectivity index (χ1) is 13.6. The van der Waals surface area contributed by atoms with Crippen LogP contribution >= 0.6 is 11.3 Å². The Kier molecular flexibility index (Phi) is 5.39. The van der Waals surface area contributed by atoms with Crippen molar-refractivity contribution >= 4 is 22.9 Å². The quantitative estimate of drug-likeness (QED) is 0.679. The number of nitrogens with zero attached hydrogens (tertiary/aromatic N) is 4. The highest BCUT2D eigenvalue weighted by Gasteiger charge is 2.23. The van der Waals surface area contributed by atoms with Gasteiger partial charge in [0.05, 0.1) is 12.1 Å². The van der Waals surface area contributed by atoms with Gasteiger partial charge in [-0.15, -0.1) is 11.3 Å². The van der Waals surface area contributed by atoms with Crippen molar-refractivity contribution < 1.29 is 4.79 Å². The Balaban J connectivity index is 1.36. The maximum absolute atomic E-state index is 12.7. The van der Waals surface area contributed by atoms with Crippen molar-refractivity contribution in [2.75, 3.05) is 31.1 Å². The number of amides is 1. The molecule has 0 N–H and O–H groups in total. The van der Waals surface area contributed by atoms with E-state index < -0.39 is 0 Å². The minimum absolute atomic E-state index is 0.156. The van der Waals surface area contributed by atoms with E-state index in [0.29, 0.717) is 6.42 Å². The fourth-order valence-electron chi connectivity index (χ4n) is 3.55. The Bertz CT molecular complexity index is 962. The molecule has 1 saturated heterocycles. The zero-order chi connectivity index (χ0) is 19.5. The molecule has 1 aliphatic heterocycles. The number of thiazole rings is 1. The standard InChI is InChI=1S/C22H24N4OS/c1-16-5-3-7-20(17(16)2)25-9-11-26(12-10-25)21(27)13-19-15-28-22(24-19)18-6-4-8-23-14-18/h3-8,14-15H,9-13H2,1-2H3. The number of rotatable bonds is 4. The van der Waals surface area contributed by atoms with Crippen LogP contribution in [0.3, 0.4) is 0 Å². The van der Waals surface area contributed by atoms with Crippen molar-refractivity contribution in [1.29, 1.82) is 0 Å². The second-order valence-electron chi connectivity index (χ2n) is 7.15. The molecule has 0 aliphatic carbocycles. The SMILES string of the molecule is Cc1cccc(N2CCN(C(=O)Cc3csc(-c4cccnc4)n3)CC2)c1C. The zero-order valence-corrected chi connectivity index (χ0v) is 17.1. The first kappa shape index (κ1) is 18.6. The van der Waals surface area contributed by atoms with Crippen LogP contribution in [0.5, 0.6) is 0 Å². The van der Waals surface area contributed by atoms with E-state index >= 15 is 0 Å². The molecule has 1 aliphatic rings. The van der Waals surface area contributed by atoms with Crippen molar-refractivity contribution in [3.05, 3.63) is 64.9 Å². The van der Waals surface area contributed by atoms with Gasteiger partial charge in [0.15, 0.2) is 0 Å². The molecule has 0 unspecified atom stereocenters. The minimum Gasteiger partial charge on any atom is -0.368 e. The molecule has 0 bridgehead atoms. The highest BCUT2D eigenvalue weighted by atomic mass is 32.1. The molecular formula is C22H24N4OS. The lowest BCUT2D eigenvalue weighted by atomic mass is 10.1. The van der Waals surface area contributed by atoms with Crippen molar-refractivity contribution in [3.8, 4) is 10.6 Å². The second kappa shape index (κ2) is 8.10. The van der Waals surface area contributed by atoms with Gasteiger partial charge in [-0.1, -0.05) is 12.1 Å². The molecule has 0 spiro atoms. The maximum Gasteiger partial charge on any atom is 0.228 e. The van der Waals surface area contributed by atoms with Gasteiger partial charge < -0.3 is 9.80 Å². The van der Waals surface area contributed by atoms with Gasteiger partial charge in [-0.3, -0.25) is 9.78 Å². The smallest absolute Gasteiger partial charge is 0.228 e. The number of hydrogen-bond donors (Lipinski definition) is 0. The molecule has 0 atom stereocenters. The molecule has 6 heteroatoms. The number of aromatic nitrogens is 2. The maximum atomic E-state index is 12.7. The van der Waals surface area contributed by atoms with E-state index in [9.17, 15) is 4.79 Å². The summed E-state index contributed by atoms with van der Waals surface area (Å²) >= 11 is 1.56. The summed E-state index contributed by atoms with van der Waals surface area (Å²) in [5, 5.41) is 2.89. The van der Waals surface area contributed by atoms with Crippen molar-refractivity contribution in [2.45, 2.75) is 20.3 Å². The number of aryl methyl sites for hydroxylation is 1. The molecular weight excluding hydrogens is 368 g/mol. The lowest BCUT2D eigenvalue weighted by Gasteiger charge is -2.37. The fraction of sp³-hybridized carbons (Fsp3) is 0.318. The largest absolute Gasteiger partial charge is 0.368 e. The minimum atomic E-state index is 0.156. The molecule has 28 heavy (non-hydrogen) atoms. The van der Waals surface area contributed by atoms with Gasteiger partial charge in [0.25, 0.3) is 0 Å². The summed E-state index contributed by atoms with van der Waals surface area (Å²) in [5.41, 5.74) is 5.75. The van der Waals surface area contributed by atoms with Gasteiger partial charge in [-0.25, -0.2) is 4.98 Å². The average molecular weight is 393 g/mol. The Morgan fingerprint density at radius 1 is 1.11 bits per heavy atom. The normalized spacial score (nSPS) is 14.4. The zero-order valence-electron chi connectivity index (χ0n) is 16.3. The van der Waals surface area contributed by atoms with Crippen LogP contribution in [-0.4, -0.2) is 47.0 Å². The van der Waals surface area contributed by atoms with Crippen LogP contribution < -0.4 is 4.90 Å². The number of benzene rings is 1. The van der Waals surface area contributed by atoms with Gasteiger partial charge in [0.1, 0.15) is 5.01 Å². The number of anilines is 1. The highest BCUT2D eigenvalue weighted by Crippen LogP contribution is 2.25. The Labute approximate surface area is 169 Å². The molecule has 2 aromatic heterocycles. The molecule has 144 valence electrons. The average Bonchev–Trinajstić information content (AvgIpc) is 3.19. The Morgan fingerprint density at radius 3 is 2.68 bits per heavy atom. The van der Waals surface area contributed by atoms with Crippen LogP contribution in [0.25, 0.3) is 10.6 Å². The molecule has 3 aromatic rings. The summed E-state index contributed by atoms with van der Waals surface area (Å²) in [4.78, 5) is 25.8. The summed E-state index contributed by atoms with van der Waals surface area (Å²) in [7, 11) is 0. The third-order valence-electron chi connectivity index (χ3n) is 5.34. The number of carbonyl (C=O) groups excluding carboxylic acids is 1. The fourth-order valence-corrected chi connectivity index (χ4v) is 4.36. The Morgan fingerprint density at radius 2 is 1.93 bits per heavy atom. The van der Waals surface area contributed by atoms with E-state index in [1.807, 2.05) is 22.4 Å². The summed E-state index contributed by atoms with van der Waals surface area (Å²) < 4.78 is 0. The van der Waals surface area contributed by atoms with E-state index in [2.05, 4.69) is 46.9 Å². The van der Waals surface area contributed by atoms with E-state index in [0.717, 1.165) is 42.4 Å². The van der Waals surface area contributed by atoms with E-state index in [1.54, 1.807) is 23.7 Å². The van der Waals surface area contributed by atoms with Crippen molar-refractivity contribution in [2.24, 2.45) is 0 Å². The van der Waals surface area contributed by atoms with Crippen molar-refractivity contribution in [1.82, 2.24) is 14.9 Å². The van der Waals surface area contributed by atoms with Gasteiger partial charge >= 0.3 is 0 Å². The highest BCUT2D eigenvalue weighted by molar-refractivity contribution is 7.13. The first-order valence-electron chi connectivity index (χ1n) is 9.55. The number of hydrogen-bond acceptors (Lipinski definition) is 5. The van der Waals surface area contributed by atoms with Crippen molar-refractivity contribution in [3.63, 3.8) is 0 Å². The van der Waals surface area contributed by atoms with Crippen LogP contribution in [0, 0.1) is 13.8 Å². The Hall–Kier alpha value is -2.73. The van der Waals surface area contributed by atoms with Crippen LogP contribution in [0.1, 0.15) is 16.8 Å². The van der Waals surface area contributed by atoms with Crippen LogP contribution in [0.2, 0.25) is 0 Å². The molecule has 5 nitrogen and oxygen atoms in total. The third-order valence-corrected chi connectivity index (χ3v) is 6.28. The molecule has 3 heterocycles. The molecule has 1 aromatic carbocycles. The van der Waals surface area contributed by atoms with Crippen LogP contribution in [0.4, 0.5) is 5.69 Å². The van der Waals surface area contributed by atoms with Gasteiger partial charge in [-0.2, -0.15) is 0 Å². The monoisotopic (exact) mass is 392 g/mol. The molecule has 4 rings (SSSR count). The molecule has 0 saturated carbocycles. The number of pyridine rings is 1. The van der Waals surface area contributed by atoms with Crippen LogP contribution in [0.15, 0.2) is 48.1 Å². The summed E-state index contributed by atoms with van der Waals surface area (Å²) in [6.07, 6.45) is 3.91. The molecule has 1 fully saturated rings. The molecule has 1 amide bonds. The summed E-state index contributed by atoms with van der Waals surface area (Å²) in [6.45, 7) is 7.57. The van der Waals surface area contributed by atoms with Crippen LogP contribution in [-0.2, 0) is 11.2 Å². The summed E-state index contributed by atoms with van der Waals surface area (Å²) in [6, 6.07) is 10.3. The lowest BCUT2D eigenvalue weighted by Crippen LogP contribution is -2.49. The van der Waals surface area contributed by atoms with Gasteiger partial charge in [-0.05, 0) is 43.2 Å². The number of carbonyl (C=O) groups is 1.